The molecule has 0 atom stereocenters. The maximum absolute atomic E-state index is 6.04. The number of hydrogen-bond acceptors (Lipinski definition) is 4. The second kappa shape index (κ2) is 4.10. The molecule has 0 aliphatic heterocycles. The van der Waals surface area contributed by atoms with Gasteiger partial charge in [0.25, 0.3) is 0 Å². The Hall–Kier alpha value is -1.33. The first kappa shape index (κ1) is 11.7. The summed E-state index contributed by atoms with van der Waals surface area (Å²) in [5, 5.41) is 0.760. The number of rotatable bonds is 1. The number of anilines is 1. The van der Waals surface area contributed by atoms with E-state index in [-0.39, 0.29) is 0 Å². The lowest BCUT2D eigenvalue weighted by atomic mass is 10.1. The first-order valence-corrected chi connectivity index (χ1v) is 7.09. The minimum absolute atomic E-state index is 0.599. The second-order valence-electron chi connectivity index (χ2n) is 4.15. The number of oxazole rings is 1. The van der Waals surface area contributed by atoms with Gasteiger partial charge in [-0.15, -0.1) is 11.3 Å². The maximum atomic E-state index is 6.04. The molecule has 0 fully saturated rings. The fourth-order valence-corrected chi connectivity index (χ4v) is 3.20. The Bertz CT molecular complexity index is 745. The van der Waals surface area contributed by atoms with Crippen molar-refractivity contribution >= 4 is 43.4 Å². The number of nitrogens with zero attached hydrogens (tertiary/aromatic N) is 1. The third kappa shape index (κ3) is 1.74. The number of benzene rings is 1. The minimum Gasteiger partial charge on any atom is -0.436 e. The molecule has 5 heteroatoms. The molecule has 0 aliphatic rings. The number of aryl methyl sites for hydroxylation is 1. The molecule has 3 nitrogen and oxygen atoms in total. The normalized spacial score (nSPS) is 11.3. The van der Waals surface area contributed by atoms with E-state index in [2.05, 4.69) is 27.8 Å². The van der Waals surface area contributed by atoms with Crippen molar-refractivity contribution in [2.45, 2.75) is 13.8 Å². The van der Waals surface area contributed by atoms with Gasteiger partial charge in [0.1, 0.15) is 5.52 Å². The van der Waals surface area contributed by atoms with E-state index in [1.54, 1.807) is 11.3 Å². The van der Waals surface area contributed by atoms with Crippen LogP contribution in [0.1, 0.15) is 10.4 Å². The van der Waals surface area contributed by atoms with Crippen LogP contribution in [0.3, 0.4) is 0 Å². The van der Waals surface area contributed by atoms with E-state index < -0.39 is 0 Å². The maximum Gasteiger partial charge on any atom is 0.230 e. The Morgan fingerprint density at radius 1 is 1.33 bits per heavy atom. The third-order valence-corrected chi connectivity index (χ3v) is 4.51. The van der Waals surface area contributed by atoms with E-state index in [1.165, 1.54) is 4.88 Å². The SMILES string of the molecule is Cc1sc(N)c(-c2nc3cc(Br)ccc3o2)c1C. The molecule has 0 amide bonds. The fraction of sp³-hybridized carbons (Fsp3) is 0.154. The smallest absolute Gasteiger partial charge is 0.230 e. The number of fused-ring (bicyclic) bond motifs is 1. The lowest BCUT2D eigenvalue weighted by Gasteiger charge is -1.95. The van der Waals surface area contributed by atoms with Crippen LogP contribution in [0.15, 0.2) is 27.1 Å². The molecule has 2 aromatic heterocycles. The van der Waals surface area contributed by atoms with E-state index in [1.807, 2.05) is 25.1 Å². The van der Waals surface area contributed by atoms with Crippen LogP contribution < -0.4 is 5.73 Å². The number of aromatic nitrogens is 1. The van der Waals surface area contributed by atoms with Crippen molar-refractivity contribution in [3.8, 4) is 11.5 Å². The summed E-state index contributed by atoms with van der Waals surface area (Å²) in [5.41, 5.74) is 9.71. The summed E-state index contributed by atoms with van der Waals surface area (Å²) in [6.07, 6.45) is 0. The molecule has 0 unspecified atom stereocenters. The number of hydrogen-bond donors (Lipinski definition) is 1. The van der Waals surface area contributed by atoms with Gasteiger partial charge in [0.15, 0.2) is 5.58 Å². The van der Waals surface area contributed by atoms with E-state index in [9.17, 15) is 0 Å². The van der Waals surface area contributed by atoms with Gasteiger partial charge in [-0.05, 0) is 37.6 Å². The molecule has 0 spiro atoms. The predicted octanol–water partition coefficient (Wildman–Crippen LogP) is 4.52. The summed E-state index contributed by atoms with van der Waals surface area (Å²) in [7, 11) is 0. The molecule has 92 valence electrons. The molecule has 2 heterocycles. The second-order valence-corrected chi connectivity index (χ2v) is 6.33. The van der Waals surface area contributed by atoms with E-state index >= 15 is 0 Å². The molecular weight excluding hydrogens is 312 g/mol. The summed E-state index contributed by atoms with van der Waals surface area (Å²) in [4.78, 5) is 5.71. The van der Waals surface area contributed by atoms with Crippen molar-refractivity contribution in [2.75, 3.05) is 5.73 Å². The van der Waals surface area contributed by atoms with Gasteiger partial charge in [0.05, 0.1) is 10.6 Å². The van der Waals surface area contributed by atoms with Gasteiger partial charge in [0, 0.05) is 9.35 Å². The van der Waals surface area contributed by atoms with Crippen LogP contribution in [-0.2, 0) is 0 Å². The molecule has 3 rings (SSSR count). The number of halogens is 1. The van der Waals surface area contributed by atoms with Crippen LogP contribution in [0, 0.1) is 13.8 Å². The lowest BCUT2D eigenvalue weighted by Crippen LogP contribution is -1.85. The summed E-state index contributed by atoms with van der Waals surface area (Å²) < 4.78 is 6.77. The van der Waals surface area contributed by atoms with Gasteiger partial charge in [-0.25, -0.2) is 4.98 Å². The first-order chi connectivity index (χ1) is 8.56. The zero-order valence-electron chi connectivity index (χ0n) is 9.95. The van der Waals surface area contributed by atoms with E-state index in [4.69, 9.17) is 10.2 Å². The summed E-state index contributed by atoms with van der Waals surface area (Å²) in [6.45, 7) is 4.10. The highest BCUT2D eigenvalue weighted by atomic mass is 79.9. The summed E-state index contributed by atoms with van der Waals surface area (Å²) in [5.74, 6) is 0.599. The Balaban J connectivity index is 2.25. The van der Waals surface area contributed by atoms with Crippen LogP contribution in [0.5, 0.6) is 0 Å². The van der Waals surface area contributed by atoms with Gasteiger partial charge < -0.3 is 10.2 Å². The Labute approximate surface area is 117 Å². The zero-order chi connectivity index (χ0) is 12.9. The number of nitrogen functional groups attached to an aromatic ring is 1. The lowest BCUT2D eigenvalue weighted by molar-refractivity contribution is 0.620. The van der Waals surface area contributed by atoms with Gasteiger partial charge in [-0.1, -0.05) is 15.9 Å². The van der Waals surface area contributed by atoms with Crippen molar-refractivity contribution < 1.29 is 4.42 Å². The highest BCUT2D eigenvalue weighted by Gasteiger charge is 2.17. The van der Waals surface area contributed by atoms with Crippen LogP contribution in [0.25, 0.3) is 22.6 Å². The summed E-state index contributed by atoms with van der Waals surface area (Å²) >= 11 is 5.00. The van der Waals surface area contributed by atoms with Crippen molar-refractivity contribution in [3.63, 3.8) is 0 Å². The van der Waals surface area contributed by atoms with Crippen molar-refractivity contribution in [1.29, 1.82) is 0 Å². The summed E-state index contributed by atoms with van der Waals surface area (Å²) in [6, 6.07) is 5.78. The minimum atomic E-state index is 0.599. The Kier molecular flexibility index (Phi) is 2.68. The van der Waals surface area contributed by atoms with Crippen LogP contribution in [0.2, 0.25) is 0 Å². The van der Waals surface area contributed by atoms with Gasteiger partial charge in [0.2, 0.25) is 5.89 Å². The monoisotopic (exact) mass is 322 g/mol. The standard InChI is InChI=1S/C13H11BrN2OS/c1-6-7(2)18-12(15)11(6)13-16-9-5-8(14)3-4-10(9)17-13/h3-5H,15H2,1-2H3. The third-order valence-electron chi connectivity index (χ3n) is 2.98. The zero-order valence-corrected chi connectivity index (χ0v) is 12.4. The van der Waals surface area contributed by atoms with Gasteiger partial charge in [-0.3, -0.25) is 0 Å². The quantitative estimate of drug-likeness (QED) is 0.716. The topological polar surface area (TPSA) is 52.0 Å². The molecular formula is C13H11BrN2OS. The van der Waals surface area contributed by atoms with Crippen molar-refractivity contribution in [1.82, 2.24) is 4.98 Å². The highest BCUT2D eigenvalue weighted by molar-refractivity contribution is 9.10. The molecule has 2 N–H and O–H groups in total. The van der Waals surface area contributed by atoms with Crippen LogP contribution in [-0.4, -0.2) is 4.98 Å². The molecule has 0 bridgehead atoms. The van der Waals surface area contributed by atoms with Gasteiger partial charge >= 0.3 is 0 Å². The van der Waals surface area contributed by atoms with Crippen LogP contribution >= 0.6 is 27.3 Å². The van der Waals surface area contributed by atoms with Crippen LogP contribution in [0.4, 0.5) is 5.00 Å². The fourth-order valence-electron chi connectivity index (χ4n) is 1.93. The van der Waals surface area contributed by atoms with Crippen molar-refractivity contribution in [2.24, 2.45) is 0 Å². The van der Waals surface area contributed by atoms with E-state index in [0.717, 1.165) is 31.7 Å². The average molecular weight is 323 g/mol. The predicted molar refractivity (Wildman–Crippen MR) is 78.9 cm³/mol. The van der Waals surface area contributed by atoms with E-state index in [0.29, 0.717) is 5.89 Å². The molecule has 3 aromatic rings. The Morgan fingerprint density at radius 2 is 2.11 bits per heavy atom. The average Bonchev–Trinajstić information content (AvgIpc) is 2.80. The molecule has 18 heavy (non-hydrogen) atoms. The van der Waals surface area contributed by atoms with Crippen molar-refractivity contribution in [3.05, 3.63) is 33.1 Å². The number of thiophene rings is 1. The highest BCUT2D eigenvalue weighted by Crippen LogP contribution is 2.38. The molecule has 0 saturated heterocycles. The molecule has 1 aromatic carbocycles. The molecule has 0 radical (unpaired) electrons. The molecule has 0 saturated carbocycles. The molecule has 0 aliphatic carbocycles. The first-order valence-electron chi connectivity index (χ1n) is 5.48. The van der Waals surface area contributed by atoms with Gasteiger partial charge in [-0.2, -0.15) is 0 Å². The number of nitrogens with two attached hydrogens (primary N) is 1. The largest absolute Gasteiger partial charge is 0.436 e. The Morgan fingerprint density at radius 3 is 2.78 bits per heavy atom.